The highest BCUT2D eigenvalue weighted by molar-refractivity contribution is 5.95. The number of carbonyl (C=O) groups excluding carboxylic acids is 1. The number of anilines is 1. The molecular formula is C22H29N3O2. The number of hydrogen-bond acceptors (Lipinski definition) is 4. The Kier molecular flexibility index (Phi) is 5.19. The lowest BCUT2D eigenvalue weighted by atomic mass is 9.92. The van der Waals surface area contributed by atoms with Gasteiger partial charge < -0.3 is 15.8 Å². The highest BCUT2D eigenvalue weighted by Gasteiger charge is 2.28. The van der Waals surface area contributed by atoms with Crippen molar-refractivity contribution in [2.45, 2.75) is 70.4 Å². The number of nitrogens with two attached hydrogens (primary N) is 1. The number of ether oxygens (including phenoxy) is 1. The van der Waals surface area contributed by atoms with E-state index in [0.29, 0.717) is 11.7 Å². The van der Waals surface area contributed by atoms with Crippen molar-refractivity contribution in [3.8, 4) is 5.75 Å². The molecular weight excluding hydrogens is 338 g/mol. The van der Waals surface area contributed by atoms with E-state index in [1.807, 2.05) is 31.2 Å². The molecule has 2 aliphatic rings. The number of aryl methyl sites for hydroxylation is 1. The fourth-order valence-electron chi connectivity index (χ4n) is 4.53. The third kappa shape index (κ3) is 4.02. The Bertz CT molecular complexity index is 822. The molecule has 5 nitrogen and oxygen atoms in total. The molecule has 0 spiro atoms. The van der Waals surface area contributed by atoms with Gasteiger partial charge in [0.05, 0.1) is 17.0 Å². The van der Waals surface area contributed by atoms with Crippen LogP contribution < -0.4 is 15.8 Å². The predicted octanol–water partition coefficient (Wildman–Crippen LogP) is 4.12. The Balaban J connectivity index is 1.37. The predicted molar refractivity (Wildman–Crippen MR) is 108 cm³/mol. The fourth-order valence-corrected chi connectivity index (χ4v) is 4.53. The van der Waals surface area contributed by atoms with Crippen LogP contribution in [-0.4, -0.2) is 23.0 Å². The summed E-state index contributed by atoms with van der Waals surface area (Å²) in [5.74, 6) is 1.32. The molecule has 27 heavy (non-hydrogen) atoms. The van der Waals surface area contributed by atoms with Crippen LogP contribution in [0.3, 0.4) is 0 Å². The minimum absolute atomic E-state index is 0.163. The Morgan fingerprint density at radius 1 is 1.15 bits per heavy atom. The van der Waals surface area contributed by atoms with E-state index in [4.69, 9.17) is 10.5 Å². The first-order chi connectivity index (χ1) is 13.1. The zero-order valence-corrected chi connectivity index (χ0v) is 16.0. The second-order valence-electron chi connectivity index (χ2n) is 8.08. The van der Waals surface area contributed by atoms with Gasteiger partial charge in [-0.05, 0) is 63.6 Å². The van der Waals surface area contributed by atoms with E-state index in [9.17, 15) is 4.79 Å². The molecule has 5 heteroatoms. The third-order valence-corrected chi connectivity index (χ3v) is 5.99. The van der Waals surface area contributed by atoms with Crippen LogP contribution in [0.4, 0.5) is 5.69 Å². The van der Waals surface area contributed by atoms with Gasteiger partial charge in [-0.15, -0.1) is 0 Å². The number of amides is 1. The number of rotatable bonds is 4. The normalized spacial score (nSPS) is 23.4. The van der Waals surface area contributed by atoms with Gasteiger partial charge in [-0.1, -0.05) is 18.9 Å². The lowest BCUT2D eigenvalue weighted by molar-refractivity contribution is -0.125. The number of pyridine rings is 1. The minimum Gasteiger partial charge on any atom is -0.490 e. The van der Waals surface area contributed by atoms with Crippen LogP contribution in [0.2, 0.25) is 0 Å². The highest BCUT2D eigenvalue weighted by Crippen LogP contribution is 2.33. The van der Waals surface area contributed by atoms with E-state index in [-0.39, 0.29) is 17.9 Å². The molecule has 1 aromatic carbocycles. The van der Waals surface area contributed by atoms with E-state index in [1.165, 1.54) is 12.8 Å². The summed E-state index contributed by atoms with van der Waals surface area (Å²) < 4.78 is 6.31. The summed E-state index contributed by atoms with van der Waals surface area (Å²) in [6.45, 7) is 1.95. The fraction of sp³-hybridized carbons (Fsp3) is 0.545. The van der Waals surface area contributed by atoms with Crippen molar-refractivity contribution < 1.29 is 9.53 Å². The molecule has 3 N–H and O–H groups in total. The first-order valence-corrected chi connectivity index (χ1v) is 10.2. The SMILES string of the molecule is Cc1cc(N)c2c(OC3CCC(NC(=O)C4CCCC4)CC3)cccc2n1. The number of benzene rings is 1. The number of nitrogen functional groups attached to an aromatic ring is 1. The van der Waals surface area contributed by atoms with Crippen LogP contribution in [0.15, 0.2) is 24.3 Å². The number of fused-ring (bicyclic) bond motifs is 1. The second kappa shape index (κ2) is 7.75. The molecule has 2 fully saturated rings. The average molecular weight is 367 g/mol. The number of hydrogen-bond donors (Lipinski definition) is 2. The molecule has 2 aliphatic carbocycles. The minimum atomic E-state index is 0.163. The molecule has 1 aromatic heterocycles. The summed E-state index contributed by atoms with van der Waals surface area (Å²) in [6, 6.07) is 8.10. The van der Waals surface area contributed by atoms with Crippen LogP contribution in [0.1, 0.15) is 57.1 Å². The van der Waals surface area contributed by atoms with Crippen molar-refractivity contribution in [3.05, 3.63) is 30.0 Å². The van der Waals surface area contributed by atoms with E-state index in [2.05, 4.69) is 10.3 Å². The standard InChI is InChI=1S/C22H29N3O2/c1-14-13-18(23)21-19(24-14)7-4-8-20(21)27-17-11-9-16(10-12-17)25-22(26)15-5-2-3-6-15/h4,7-8,13,15-17H,2-3,5-6,9-12H2,1H3,(H2,23,24)(H,25,26). The van der Waals surface area contributed by atoms with E-state index < -0.39 is 0 Å². The van der Waals surface area contributed by atoms with Crippen molar-refractivity contribution in [2.24, 2.45) is 5.92 Å². The average Bonchev–Trinajstić information content (AvgIpc) is 3.18. The molecule has 0 radical (unpaired) electrons. The van der Waals surface area contributed by atoms with Crippen LogP contribution in [0.25, 0.3) is 10.9 Å². The first-order valence-electron chi connectivity index (χ1n) is 10.2. The number of nitrogens with one attached hydrogen (secondary N) is 1. The Hall–Kier alpha value is -2.30. The van der Waals surface area contributed by atoms with Gasteiger partial charge in [0.25, 0.3) is 0 Å². The summed E-state index contributed by atoms with van der Waals surface area (Å²) in [5, 5.41) is 4.17. The molecule has 0 atom stereocenters. The molecule has 1 heterocycles. The molecule has 2 saturated carbocycles. The largest absolute Gasteiger partial charge is 0.490 e. The lowest BCUT2D eigenvalue weighted by Crippen LogP contribution is -2.41. The van der Waals surface area contributed by atoms with E-state index in [0.717, 1.165) is 60.9 Å². The quantitative estimate of drug-likeness (QED) is 0.852. The van der Waals surface area contributed by atoms with Gasteiger partial charge in [-0.3, -0.25) is 9.78 Å². The van der Waals surface area contributed by atoms with Crippen LogP contribution in [-0.2, 0) is 4.79 Å². The zero-order chi connectivity index (χ0) is 18.8. The Morgan fingerprint density at radius 2 is 1.89 bits per heavy atom. The molecule has 1 amide bonds. The van der Waals surface area contributed by atoms with Gasteiger partial charge in [0, 0.05) is 23.3 Å². The molecule has 0 unspecified atom stereocenters. The first kappa shape index (κ1) is 18.1. The number of nitrogens with zero attached hydrogens (tertiary/aromatic N) is 1. The summed E-state index contributed by atoms with van der Waals surface area (Å²) in [4.78, 5) is 16.9. The number of aromatic nitrogens is 1. The Morgan fingerprint density at radius 3 is 2.63 bits per heavy atom. The summed E-state index contributed by atoms with van der Waals surface area (Å²) >= 11 is 0. The van der Waals surface area contributed by atoms with Crippen molar-refractivity contribution in [2.75, 3.05) is 5.73 Å². The maximum absolute atomic E-state index is 12.3. The highest BCUT2D eigenvalue weighted by atomic mass is 16.5. The molecule has 0 bridgehead atoms. The van der Waals surface area contributed by atoms with E-state index in [1.54, 1.807) is 0 Å². The summed E-state index contributed by atoms with van der Waals surface area (Å²) in [6.07, 6.45) is 8.51. The van der Waals surface area contributed by atoms with Gasteiger partial charge in [0.2, 0.25) is 5.91 Å². The van der Waals surface area contributed by atoms with Crippen molar-refractivity contribution in [1.29, 1.82) is 0 Å². The Labute approximate surface area is 160 Å². The van der Waals surface area contributed by atoms with Gasteiger partial charge in [-0.25, -0.2) is 0 Å². The monoisotopic (exact) mass is 367 g/mol. The summed E-state index contributed by atoms with van der Waals surface area (Å²) in [5.41, 5.74) is 8.74. The lowest BCUT2D eigenvalue weighted by Gasteiger charge is -2.30. The third-order valence-electron chi connectivity index (χ3n) is 5.99. The molecule has 4 rings (SSSR count). The van der Waals surface area contributed by atoms with Gasteiger partial charge in [0.15, 0.2) is 0 Å². The van der Waals surface area contributed by atoms with Crippen LogP contribution in [0, 0.1) is 12.8 Å². The molecule has 0 saturated heterocycles. The topological polar surface area (TPSA) is 77.2 Å². The van der Waals surface area contributed by atoms with Gasteiger partial charge in [0.1, 0.15) is 5.75 Å². The number of carbonyl (C=O) groups is 1. The maximum Gasteiger partial charge on any atom is 0.223 e. The van der Waals surface area contributed by atoms with Gasteiger partial charge >= 0.3 is 0 Å². The van der Waals surface area contributed by atoms with Crippen molar-refractivity contribution in [3.63, 3.8) is 0 Å². The van der Waals surface area contributed by atoms with Crippen molar-refractivity contribution >= 4 is 22.5 Å². The molecule has 2 aromatic rings. The smallest absolute Gasteiger partial charge is 0.223 e. The van der Waals surface area contributed by atoms with Crippen molar-refractivity contribution in [1.82, 2.24) is 10.3 Å². The van der Waals surface area contributed by atoms with Gasteiger partial charge in [-0.2, -0.15) is 0 Å². The van der Waals surface area contributed by atoms with E-state index >= 15 is 0 Å². The second-order valence-corrected chi connectivity index (χ2v) is 8.08. The maximum atomic E-state index is 12.3. The van der Waals surface area contributed by atoms with Crippen LogP contribution >= 0.6 is 0 Å². The molecule has 0 aliphatic heterocycles. The molecule has 144 valence electrons. The van der Waals surface area contributed by atoms with Crippen LogP contribution in [0.5, 0.6) is 5.75 Å². The summed E-state index contributed by atoms with van der Waals surface area (Å²) in [7, 11) is 0. The zero-order valence-electron chi connectivity index (χ0n) is 16.0.